The van der Waals surface area contributed by atoms with E-state index < -0.39 is 5.60 Å². The van der Waals surface area contributed by atoms with Gasteiger partial charge in [0.2, 0.25) is 5.88 Å². The largest absolute Gasteiger partial charge is 0.482 e. The predicted octanol–water partition coefficient (Wildman–Crippen LogP) is 5.66. The number of para-hydroxylation sites is 1. The van der Waals surface area contributed by atoms with E-state index in [4.69, 9.17) is 19.9 Å². The fourth-order valence-corrected chi connectivity index (χ4v) is 4.70. The number of hydrogen-bond donors (Lipinski definition) is 1. The second-order valence-electron chi connectivity index (χ2n) is 10.0. The Kier molecular flexibility index (Phi) is 6.37. The normalized spacial score (nSPS) is 15.7. The molecule has 0 aliphatic carbocycles. The summed E-state index contributed by atoms with van der Waals surface area (Å²) in [6.07, 6.45) is 1.86. The third-order valence-corrected chi connectivity index (χ3v) is 6.26. The van der Waals surface area contributed by atoms with Crippen LogP contribution in [0.1, 0.15) is 33.2 Å². The van der Waals surface area contributed by atoms with Gasteiger partial charge >= 0.3 is 6.09 Å². The van der Waals surface area contributed by atoms with Crippen molar-refractivity contribution in [1.82, 2.24) is 19.4 Å². The number of rotatable bonds is 5. The molecule has 0 radical (unpaired) electrons. The molecule has 3 heterocycles. The van der Waals surface area contributed by atoms with Crippen LogP contribution in [0.3, 0.4) is 0 Å². The number of nitrogens with zero attached hydrogens (tertiary/aromatic N) is 4. The maximum atomic E-state index is 12.7. The van der Waals surface area contributed by atoms with E-state index in [1.54, 1.807) is 12.0 Å². The molecular formula is C28H31N5O4. The lowest BCUT2D eigenvalue weighted by molar-refractivity contribution is 0.0288. The molecule has 9 heteroatoms. The van der Waals surface area contributed by atoms with Gasteiger partial charge in [-0.15, -0.1) is 0 Å². The maximum Gasteiger partial charge on any atom is 0.410 e. The number of carbonyl (C=O) groups is 1. The van der Waals surface area contributed by atoms with Crippen molar-refractivity contribution in [2.75, 3.05) is 25.9 Å². The molecule has 4 aromatic rings. The van der Waals surface area contributed by atoms with Crippen LogP contribution in [0.4, 0.5) is 10.6 Å². The van der Waals surface area contributed by atoms with Crippen molar-refractivity contribution in [3.05, 3.63) is 60.9 Å². The zero-order valence-corrected chi connectivity index (χ0v) is 21.5. The number of carbonyl (C=O) groups excluding carboxylic acids is 1. The Bertz CT molecular complexity index is 1410. The van der Waals surface area contributed by atoms with E-state index >= 15 is 0 Å². The standard InChI is InChI=1S/C28H31N5O4/c1-28(2,3)37-27(34)32-15-14-19(16-32)33-25-23(24(29)30-17-31-25)22(26(33)35-4)18-10-12-21(13-11-18)36-20-8-6-5-7-9-20/h5-13,17,19H,14-16H2,1-4H3,(H2,29,30,31). The summed E-state index contributed by atoms with van der Waals surface area (Å²) in [5.41, 5.74) is 8.18. The van der Waals surface area contributed by atoms with Gasteiger partial charge in [0.15, 0.2) is 0 Å². The molecule has 192 valence electrons. The van der Waals surface area contributed by atoms with Gasteiger partial charge < -0.3 is 24.8 Å². The molecule has 1 unspecified atom stereocenters. The van der Waals surface area contributed by atoms with Crippen molar-refractivity contribution >= 4 is 22.9 Å². The number of aromatic nitrogens is 3. The number of nitrogens with two attached hydrogens (primary N) is 1. The van der Waals surface area contributed by atoms with Gasteiger partial charge in [-0.3, -0.25) is 4.57 Å². The molecule has 37 heavy (non-hydrogen) atoms. The van der Waals surface area contributed by atoms with Crippen LogP contribution in [0.2, 0.25) is 0 Å². The van der Waals surface area contributed by atoms with Gasteiger partial charge in [0.1, 0.15) is 34.9 Å². The first kappa shape index (κ1) is 24.4. The van der Waals surface area contributed by atoms with Crippen LogP contribution < -0.4 is 15.2 Å². The van der Waals surface area contributed by atoms with Crippen molar-refractivity contribution in [2.24, 2.45) is 0 Å². The predicted molar refractivity (Wildman–Crippen MR) is 142 cm³/mol. The van der Waals surface area contributed by atoms with E-state index in [0.717, 1.165) is 23.3 Å². The second-order valence-corrected chi connectivity index (χ2v) is 10.0. The van der Waals surface area contributed by atoms with E-state index in [1.807, 2.05) is 79.9 Å². The third kappa shape index (κ3) is 4.89. The van der Waals surface area contributed by atoms with Gasteiger partial charge in [0.05, 0.1) is 24.1 Å². The highest BCUT2D eigenvalue weighted by molar-refractivity contribution is 6.04. The first-order valence-electron chi connectivity index (χ1n) is 12.2. The molecule has 0 bridgehead atoms. The Hall–Kier alpha value is -4.27. The Balaban J connectivity index is 1.52. The van der Waals surface area contributed by atoms with Crippen molar-refractivity contribution in [2.45, 2.75) is 38.8 Å². The van der Waals surface area contributed by atoms with Crippen LogP contribution in [-0.4, -0.2) is 51.3 Å². The Morgan fingerprint density at radius 1 is 1.03 bits per heavy atom. The van der Waals surface area contributed by atoms with E-state index in [9.17, 15) is 4.79 Å². The number of methoxy groups -OCH3 is 1. The molecule has 9 nitrogen and oxygen atoms in total. The fraction of sp³-hybridized carbons (Fsp3) is 0.321. The van der Waals surface area contributed by atoms with Gasteiger partial charge in [0.25, 0.3) is 0 Å². The molecule has 1 aliphatic heterocycles. The number of hydrogen-bond acceptors (Lipinski definition) is 7. The zero-order valence-electron chi connectivity index (χ0n) is 21.5. The lowest BCUT2D eigenvalue weighted by atomic mass is 10.1. The Morgan fingerprint density at radius 3 is 2.41 bits per heavy atom. The summed E-state index contributed by atoms with van der Waals surface area (Å²) in [4.78, 5) is 23.3. The average molecular weight is 502 g/mol. The summed E-state index contributed by atoms with van der Waals surface area (Å²) in [7, 11) is 1.63. The molecular weight excluding hydrogens is 470 g/mol. The minimum absolute atomic E-state index is 0.0614. The van der Waals surface area contributed by atoms with Gasteiger partial charge in [0, 0.05) is 13.1 Å². The topological polar surface area (TPSA) is 105 Å². The lowest BCUT2D eigenvalue weighted by Gasteiger charge is -2.24. The minimum atomic E-state index is -0.557. The van der Waals surface area contributed by atoms with Crippen molar-refractivity contribution in [3.8, 4) is 28.5 Å². The minimum Gasteiger partial charge on any atom is -0.482 e. The molecule has 0 saturated carbocycles. The molecule has 1 aliphatic rings. The molecule has 0 spiro atoms. The highest BCUT2D eigenvalue weighted by Crippen LogP contribution is 2.45. The molecule has 5 rings (SSSR count). The number of nitrogen functional groups attached to an aromatic ring is 1. The number of anilines is 1. The number of ether oxygens (including phenoxy) is 3. The third-order valence-electron chi connectivity index (χ3n) is 6.26. The van der Waals surface area contributed by atoms with E-state index in [1.165, 1.54) is 6.33 Å². The molecule has 1 atom stereocenters. The first-order chi connectivity index (χ1) is 17.7. The quantitative estimate of drug-likeness (QED) is 0.376. The first-order valence-corrected chi connectivity index (χ1v) is 12.2. The van der Waals surface area contributed by atoms with E-state index in [2.05, 4.69) is 9.97 Å². The Labute approximate surface area is 215 Å². The van der Waals surface area contributed by atoms with Crippen molar-refractivity contribution in [3.63, 3.8) is 0 Å². The summed E-state index contributed by atoms with van der Waals surface area (Å²) >= 11 is 0. The lowest BCUT2D eigenvalue weighted by Crippen LogP contribution is -2.35. The number of likely N-dealkylation sites (tertiary alicyclic amines) is 1. The van der Waals surface area contributed by atoms with Gasteiger partial charge in [-0.05, 0) is 57.0 Å². The van der Waals surface area contributed by atoms with Gasteiger partial charge in [-0.25, -0.2) is 14.8 Å². The van der Waals surface area contributed by atoms with E-state index in [0.29, 0.717) is 41.6 Å². The molecule has 1 fully saturated rings. The number of benzene rings is 2. The van der Waals surface area contributed by atoms with Gasteiger partial charge in [-0.1, -0.05) is 30.3 Å². The maximum absolute atomic E-state index is 12.7. The van der Waals surface area contributed by atoms with Crippen LogP contribution in [-0.2, 0) is 4.74 Å². The van der Waals surface area contributed by atoms with Crippen LogP contribution in [0.25, 0.3) is 22.2 Å². The summed E-state index contributed by atoms with van der Waals surface area (Å²) in [5, 5.41) is 0.715. The molecule has 2 aromatic carbocycles. The number of amides is 1. The van der Waals surface area contributed by atoms with Crippen LogP contribution in [0.15, 0.2) is 60.9 Å². The molecule has 2 N–H and O–H groups in total. The highest BCUT2D eigenvalue weighted by atomic mass is 16.6. The van der Waals surface area contributed by atoms with Crippen LogP contribution in [0.5, 0.6) is 17.4 Å². The monoisotopic (exact) mass is 501 g/mol. The summed E-state index contributed by atoms with van der Waals surface area (Å²) in [6, 6.07) is 17.3. The zero-order chi connectivity index (χ0) is 26.2. The molecule has 2 aromatic heterocycles. The van der Waals surface area contributed by atoms with Crippen LogP contribution in [0, 0.1) is 0 Å². The van der Waals surface area contributed by atoms with Crippen molar-refractivity contribution < 1.29 is 19.0 Å². The number of fused-ring (bicyclic) bond motifs is 1. The SMILES string of the molecule is COc1c(-c2ccc(Oc3ccccc3)cc2)c2c(N)ncnc2n1C1CCN(C(=O)OC(C)(C)C)C1. The van der Waals surface area contributed by atoms with Crippen LogP contribution >= 0.6 is 0 Å². The van der Waals surface area contributed by atoms with Crippen molar-refractivity contribution in [1.29, 1.82) is 0 Å². The van der Waals surface area contributed by atoms with E-state index in [-0.39, 0.29) is 12.1 Å². The summed E-state index contributed by atoms with van der Waals surface area (Å²) in [5.74, 6) is 2.46. The molecule has 1 amide bonds. The summed E-state index contributed by atoms with van der Waals surface area (Å²) < 4.78 is 19.5. The average Bonchev–Trinajstić information content (AvgIpc) is 3.47. The smallest absolute Gasteiger partial charge is 0.410 e. The molecule has 1 saturated heterocycles. The summed E-state index contributed by atoms with van der Waals surface area (Å²) in [6.45, 7) is 6.64. The Morgan fingerprint density at radius 2 is 1.73 bits per heavy atom. The second kappa shape index (κ2) is 9.65. The fourth-order valence-electron chi connectivity index (χ4n) is 4.70. The highest BCUT2D eigenvalue weighted by Gasteiger charge is 2.35. The van der Waals surface area contributed by atoms with Gasteiger partial charge in [-0.2, -0.15) is 0 Å².